The fourth-order valence-electron chi connectivity index (χ4n) is 2.46. The minimum atomic E-state index is -3.17. The zero-order valence-electron chi connectivity index (χ0n) is 11.7. The van der Waals surface area contributed by atoms with Crippen molar-refractivity contribution < 1.29 is 17.7 Å². The van der Waals surface area contributed by atoms with E-state index in [1.165, 1.54) is 0 Å². The van der Waals surface area contributed by atoms with Crippen LogP contribution in [-0.2, 0) is 9.84 Å². The van der Waals surface area contributed by atoms with E-state index in [0.717, 1.165) is 17.7 Å². The van der Waals surface area contributed by atoms with Crippen molar-refractivity contribution in [1.29, 1.82) is 0 Å². The first kappa shape index (κ1) is 14.1. The molecule has 0 N–H and O–H groups in total. The maximum Gasteiger partial charge on any atom is 0.245 e. The average molecular weight is 308 g/mol. The van der Waals surface area contributed by atoms with Gasteiger partial charge in [0.05, 0.1) is 12.9 Å². The van der Waals surface area contributed by atoms with Gasteiger partial charge in [0.2, 0.25) is 11.7 Å². The Morgan fingerprint density at radius 1 is 1.24 bits per heavy atom. The standard InChI is InChI=1S/C14H16N2O4S/c1-19-11-7-5-10(6-8-11)13-15-14(20-16-13)12-4-2-3-9-21(12,17)18/h5-8,12H,2-4,9H2,1H3/t12-/m0/s1. The third-order valence-corrected chi connectivity index (χ3v) is 5.81. The smallest absolute Gasteiger partial charge is 0.245 e. The first-order valence-electron chi connectivity index (χ1n) is 6.80. The van der Waals surface area contributed by atoms with Crippen LogP contribution in [0.5, 0.6) is 5.75 Å². The summed E-state index contributed by atoms with van der Waals surface area (Å²) in [6.45, 7) is 0. The number of nitrogens with zero attached hydrogens (tertiary/aromatic N) is 2. The summed E-state index contributed by atoms with van der Waals surface area (Å²) in [4.78, 5) is 4.26. The van der Waals surface area contributed by atoms with Crippen LogP contribution < -0.4 is 4.74 Å². The van der Waals surface area contributed by atoms with Gasteiger partial charge in [-0.15, -0.1) is 0 Å². The Kier molecular flexibility index (Phi) is 3.67. The second-order valence-electron chi connectivity index (χ2n) is 5.04. The highest BCUT2D eigenvalue weighted by atomic mass is 32.2. The summed E-state index contributed by atoms with van der Waals surface area (Å²) in [7, 11) is -1.58. The van der Waals surface area contributed by atoms with Crippen molar-refractivity contribution in [1.82, 2.24) is 10.1 Å². The molecule has 2 aromatic rings. The highest BCUT2D eigenvalue weighted by molar-refractivity contribution is 7.91. The number of rotatable bonds is 3. The second-order valence-corrected chi connectivity index (χ2v) is 7.34. The Morgan fingerprint density at radius 2 is 2.00 bits per heavy atom. The van der Waals surface area contributed by atoms with E-state index in [-0.39, 0.29) is 11.6 Å². The van der Waals surface area contributed by atoms with Gasteiger partial charge in [0.1, 0.15) is 11.0 Å². The number of sulfone groups is 1. The zero-order chi connectivity index (χ0) is 14.9. The van der Waals surface area contributed by atoms with Gasteiger partial charge in [-0.2, -0.15) is 4.98 Å². The SMILES string of the molecule is COc1ccc(-c2noc([C@@H]3CCCCS3(=O)=O)n2)cc1. The van der Waals surface area contributed by atoms with E-state index in [9.17, 15) is 8.42 Å². The molecular formula is C14H16N2O4S. The summed E-state index contributed by atoms with van der Waals surface area (Å²) in [6, 6.07) is 7.21. The van der Waals surface area contributed by atoms with Crippen molar-refractivity contribution in [3.63, 3.8) is 0 Å². The van der Waals surface area contributed by atoms with Crippen molar-refractivity contribution in [2.24, 2.45) is 0 Å². The number of hydrogen-bond acceptors (Lipinski definition) is 6. The average Bonchev–Trinajstić information content (AvgIpc) is 2.96. The molecule has 0 radical (unpaired) electrons. The molecule has 1 aromatic heterocycles. The fourth-order valence-corrected chi connectivity index (χ4v) is 4.27. The van der Waals surface area contributed by atoms with Crippen LogP contribution in [0, 0.1) is 0 Å². The third kappa shape index (κ3) is 2.78. The number of aromatic nitrogens is 2. The predicted molar refractivity (Wildman–Crippen MR) is 76.7 cm³/mol. The van der Waals surface area contributed by atoms with Crippen molar-refractivity contribution in [2.45, 2.75) is 24.5 Å². The van der Waals surface area contributed by atoms with Gasteiger partial charge in [-0.3, -0.25) is 0 Å². The van der Waals surface area contributed by atoms with Crippen LogP contribution in [-0.4, -0.2) is 31.4 Å². The second kappa shape index (κ2) is 5.48. The molecule has 0 bridgehead atoms. The first-order valence-corrected chi connectivity index (χ1v) is 8.51. The summed E-state index contributed by atoms with van der Waals surface area (Å²) >= 11 is 0. The summed E-state index contributed by atoms with van der Waals surface area (Å²) in [5.41, 5.74) is 0.763. The van der Waals surface area contributed by atoms with E-state index in [4.69, 9.17) is 9.26 Å². The number of hydrogen-bond donors (Lipinski definition) is 0. The lowest BCUT2D eigenvalue weighted by molar-refractivity contribution is 0.364. The molecule has 7 heteroatoms. The minimum Gasteiger partial charge on any atom is -0.497 e. The van der Waals surface area contributed by atoms with Crippen molar-refractivity contribution in [2.75, 3.05) is 12.9 Å². The van der Waals surface area contributed by atoms with E-state index in [1.54, 1.807) is 19.2 Å². The Balaban J connectivity index is 1.88. The van der Waals surface area contributed by atoms with Crippen LogP contribution in [0.25, 0.3) is 11.4 Å². The van der Waals surface area contributed by atoms with Gasteiger partial charge in [-0.1, -0.05) is 11.6 Å². The van der Waals surface area contributed by atoms with E-state index in [2.05, 4.69) is 10.1 Å². The Labute approximate surface area is 123 Å². The van der Waals surface area contributed by atoms with Crippen molar-refractivity contribution in [3.8, 4) is 17.1 Å². The summed E-state index contributed by atoms with van der Waals surface area (Å²) in [5, 5.41) is 3.23. The predicted octanol–water partition coefficient (Wildman–Crippen LogP) is 2.39. The quantitative estimate of drug-likeness (QED) is 0.866. The third-order valence-electron chi connectivity index (χ3n) is 3.64. The monoisotopic (exact) mass is 308 g/mol. The molecule has 1 aliphatic heterocycles. The Morgan fingerprint density at radius 3 is 2.67 bits per heavy atom. The molecule has 0 amide bonds. The van der Waals surface area contributed by atoms with Gasteiger partial charge in [0.25, 0.3) is 0 Å². The lowest BCUT2D eigenvalue weighted by Gasteiger charge is -2.18. The number of ether oxygens (including phenoxy) is 1. The van der Waals surface area contributed by atoms with Gasteiger partial charge in [-0.25, -0.2) is 8.42 Å². The van der Waals surface area contributed by atoms with Crippen LogP contribution in [0.1, 0.15) is 30.4 Å². The molecule has 3 rings (SSSR count). The van der Waals surface area contributed by atoms with Crippen LogP contribution in [0.15, 0.2) is 28.8 Å². The van der Waals surface area contributed by atoms with Gasteiger partial charge < -0.3 is 9.26 Å². The lowest BCUT2D eigenvalue weighted by Crippen LogP contribution is -2.21. The van der Waals surface area contributed by atoms with E-state index < -0.39 is 15.1 Å². The molecule has 21 heavy (non-hydrogen) atoms. The molecule has 0 aliphatic carbocycles. The molecule has 2 heterocycles. The fraction of sp³-hybridized carbons (Fsp3) is 0.429. The van der Waals surface area contributed by atoms with Crippen LogP contribution >= 0.6 is 0 Å². The molecular weight excluding hydrogens is 292 g/mol. The molecule has 1 fully saturated rings. The molecule has 1 atom stereocenters. The minimum absolute atomic E-state index is 0.192. The van der Waals surface area contributed by atoms with Crippen LogP contribution in [0.2, 0.25) is 0 Å². The van der Waals surface area contributed by atoms with Crippen molar-refractivity contribution >= 4 is 9.84 Å². The molecule has 1 aliphatic rings. The highest BCUT2D eigenvalue weighted by Crippen LogP contribution is 2.33. The lowest BCUT2D eigenvalue weighted by atomic mass is 10.2. The highest BCUT2D eigenvalue weighted by Gasteiger charge is 2.34. The molecule has 0 unspecified atom stereocenters. The largest absolute Gasteiger partial charge is 0.497 e. The summed E-state index contributed by atoms with van der Waals surface area (Å²) < 4.78 is 34.4. The maximum absolute atomic E-state index is 12.1. The number of methoxy groups -OCH3 is 1. The van der Waals surface area contributed by atoms with Crippen LogP contribution in [0.4, 0.5) is 0 Å². The van der Waals surface area contributed by atoms with E-state index >= 15 is 0 Å². The van der Waals surface area contributed by atoms with Gasteiger partial charge >= 0.3 is 0 Å². The Hall–Kier alpha value is -1.89. The normalized spacial score (nSPS) is 21.1. The molecule has 1 saturated heterocycles. The zero-order valence-corrected chi connectivity index (χ0v) is 12.5. The Bertz CT molecular complexity index is 722. The van der Waals surface area contributed by atoms with Crippen molar-refractivity contribution in [3.05, 3.63) is 30.2 Å². The molecule has 6 nitrogen and oxygen atoms in total. The molecule has 0 saturated carbocycles. The molecule has 1 aromatic carbocycles. The maximum atomic E-state index is 12.1. The van der Waals surface area contributed by atoms with Gasteiger partial charge in [0.15, 0.2) is 9.84 Å². The molecule has 112 valence electrons. The summed E-state index contributed by atoms with van der Waals surface area (Å²) in [6.07, 6.45) is 2.12. The topological polar surface area (TPSA) is 82.3 Å². The van der Waals surface area contributed by atoms with E-state index in [1.807, 2.05) is 12.1 Å². The van der Waals surface area contributed by atoms with Gasteiger partial charge in [0, 0.05) is 5.56 Å². The molecule has 0 spiro atoms. The van der Waals surface area contributed by atoms with Gasteiger partial charge in [-0.05, 0) is 37.1 Å². The van der Waals surface area contributed by atoms with Crippen LogP contribution in [0.3, 0.4) is 0 Å². The first-order chi connectivity index (χ1) is 10.1. The van der Waals surface area contributed by atoms with E-state index in [0.29, 0.717) is 18.7 Å². The summed E-state index contributed by atoms with van der Waals surface area (Å²) in [5.74, 6) is 1.52. The number of benzene rings is 1.